The Bertz CT molecular complexity index is 598. The van der Waals surface area contributed by atoms with Crippen molar-refractivity contribution in [3.05, 3.63) is 70.2 Å². The average molecular weight is 361 g/mol. The van der Waals surface area contributed by atoms with Crippen LogP contribution in [-0.4, -0.2) is 11.9 Å². The van der Waals surface area contributed by atoms with Crippen molar-refractivity contribution in [3.63, 3.8) is 0 Å². The third kappa shape index (κ3) is 5.28. The molecule has 0 fully saturated rings. The standard InChI is InChI=1S/C18H21BrN2O/c1-13(11-14-7-9-16(19)10-8-14)21-18(22)12-17(20)15-5-3-2-4-6-15/h2-10,13,17H,11-12,20H2,1H3,(H,21,22). The third-order valence-electron chi connectivity index (χ3n) is 3.50. The number of nitrogens with two attached hydrogens (primary N) is 1. The maximum Gasteiger partial charge on any atom is 0.222 e. The number of halogens is 1. The van der Waals surface area contributed by atoms with E-state index in [-0.39, 0.29) is 18.0 Å². The Morgan fingerprint density at radius 2 is 1.77 bits per heavy atom. The van der Waals surface area contributed by atoms with Crippen molar-refractivity contribution in [2.24, 2.45) is 5.73 Å². The highest BCUT2D eigenvalue weighted by Gasteiger charge is 2.13. The lowest BCUT2D eigenvalue weighted by Gasteiger charge is -2.16. The Morgan fingerprint density at radius 3 is 2.41 bits per heavy atom. The van der Waals surface area contributed by atoms with Gasteiger partial charge >= 0.3 is 0 Å². The summed E-state index contributed by atoms with van der Waals surface area (Å²) >= 11 is 3.42. The molecular formula is C18H21BrN2O. The second kappa shape index (κ2) is 8.11. The van der Waals surface area contributed by atoms with Gasteiger partial charge in [-0.3, -0.25) is 4.79 Å². The molecule has 3 nitrogen and oxygen atoms in total. The van der Waals surface area contributed by atoms with Gasteiger partial charge < -0.3 is 11.1 Å². The minimum Gasteiger partial charge on any atom is -0.353 e. The molecular weight excluding hydrogens is 340 g/mol. The molecule has 0 aliphatic heterocycles. The zero-order chi connectivity index (χ0) is 15.9. The number of amides is 1. The monoisotopic (exact) mass is 360 g/mol. The maximum absolute atomic E-state index is 12.1. The Labute approximate surface area is 140 Å². The molecule has 2 atom stereocenters. The number of hydrogen-bond donors (Lipinski definition) is 2. The van der Waals surface area contributed by atoms with Crippen LogP contribution >= 0.6 is 15.9 Å². The van der Waals surface area contributed by atoms with E-state index in [1.165, 1.54) is 5.56 Å². The fourth-order valence-electron chi connectivity index (χ4n) is 2.38. The van der Waals surface area contributed by atoms with Crippen molar-refractivity contribution in [3.8, 4) is 0 Å². The highest BCUT2D eigenvalue weighted by molar-refractivity contribution is 9.10. The summed E-state index contributed by atoms with van der Waals surface area (Å²) in [7, 11) is 0. The normalized spacial score (nSPS) is 13.4. The Kier molecular flexibility index (Phi) is 6.16. The molecule has 2 rings (SSSR count). The lowest BCUT2D eigenvalue weighted by atomic mass is 10.0. The van der Waals surface area contributed by atoms with E-state index < -0.39 is 0 Å². The molecule has 0 saturated carbocycles. The molecule has 0 spiro atoms. The van der Waals surface area contributed by atoms with Gasteiger partial charge in [-0.15, -0.1) is 0 Å². The molecule has 0 aliphatic carbocycles. The van der Waals surface area contributed by atoms with E-state index in [0.717, 1.165) is 16.5 Å². The third-order valence-corrected chi connectivity index (χ3v) is 4.02. The molecule has 116 valence electrons. The Balaban J connectivity index is 1.82. The Morgan fingerprint density at radius 1 is 1.14 bits per heavy atom. The van der Waals surface area contributed by atoms with E-state index >= 15 is 0 Å². The molecule has 0 aromatic heterocycles. The molecule has 2 aromatic carbocycles. The van der Waals surface area contributed by atoms with Crippen LogP contribution in [0.2, 0.25) is 0 Å². The zero-order valence-electron chi connectivity index (χ0n) is 12.6. The van der Waals surface area contributed by atoms with Crippen molar-refractivity contribution >= 4 is 21.8 Å². The summed E-state index contributed by atoms with van der Waals surface area (Å²) in [6.45, 7) is 2.01. The molecule has 2 aromatic rings. The van der Waals surface area contributed by atoms with Gasteiger partial charge in [0.15, 0.2) is 0 Å². The van der Waals surface area contributed by atoms with E-state index in [2.05, 4.69) is 33.4 Å². The number of hydrogen-bond acceptors (Lipinski definition) is 2. The second-order valence-electron chi connectivity index (χ2n) is 5.52. The van der Waals surface area contributed by atoms with E-state index in [1.807, 2.05) is 49.4 Å². The van der Waals surface area contributed by atoms with Crippen molar-refractivity contribution in [1.29, 1.82) is 0 Å². The minimum atomic E-state index is -0.263. The van der Waals surface area contributed by atoms with Crippen LogP contribution in [0, 0.1) is 0 Å². The van der Waals surface area contributed by atoms with Crippen molar-refractivity contribution in [2.75, 3.05) is 0 Å². The van der Waals surface area contributed by atoms with Crippen LogP contribution in [0.15, 0.2) is 59.1 Å². The second-order valence-corrected chi connectivity index (χ2v) is 6.44. The molecule has 1 amide bonds. The van der Waals surface area contributed by atoms with Crippen molar-refractivity contribution in [1.82, 2.24) is 5.32 Å². The van der Waals surface area contributed by atoms with Crippen LogP contribution in [-0.2, 0) is 11.2 Å². The first-order valence-electron chi connectivity index (χ1n) is 7.39. The molecule has 0 aliphatic rings. The molecule has 0 bridgehead atoms. The average Bonchev–Trinajstić information content (AvgIpc) is 2.50. The van der Waals surface area contributed by atoms with Gasteiger partial charge in [0.2, 0.25) is 5.91 Å². The quantitative estimate of drug-likeness (QED) is 0.826. The number of carbonyl (C=O) groups is 1. The molecule has 2 unspecified atom stereocenters. The number of benzene rings is 2. The van der Waals surface area contributed by atoms with E-state index in [4.69, 9.17) is 5.73 Å². The number of carbonyl (C=O) groups excluding carboxylic acids is 1. The summed E-state index contributed by atoms with van der Waals surface area (Å²) in [6.07, 6.45) is 1.11. The lowest BCUT2D eigenvalue weighted by molar-refractivity contribution is -0.122. The first kappa shape index (κ1) is 16.7. The number of rotatable bonds is 6. The van der Waals surface area contributed by atoms with Gasteiger partial charge in [0.1, 0.15) is 0 Å². The lowest BCUT2D eigenvalue weighted by Crippen LogP contribution is -2.35. The van der Waals surface area contributed by atoms with Crippen LogP contribution in [0.25, 0.3) is 0 Å². The van der Waals surface area contributed by atoms with Crippen LogP contribution < -0.4 is 11.1 Å². The summed E-state index contributed by atoms with van der Waals surface area (Å²) in [6, 6.07) is 17.7. The van der Waals surface area contributed by atoms with E-state index in [9.17, 15) is 4.79 Å². The molecule has 22 heavy (non-hydrogen) atoms. The fourth-order valence-corrected chi connectivity index (χ4v) is 2.64. The van der Waals surface area contributed by atoms with Gasteiger partial charge in [0.25, 0.3) is 0 Å². The Hall–Kier alpha value is -1.65. The minimum absolute atomic E-state index is 0.0130. The predicted octanol–water partition coefficient (Wildman–Crippen LogP) is 3.59. The molecule has 0 radical (unpaired) electrons. The van der Waals surface area contributed by atoms with E-state index in [1.54, 1.807) is 0 Å². The summed E-state index contributed by atoms with van der Waals surface area (Å²) in [5, 5.41) is 3.01. The SMILES string of the molecule is CC(Cc1ccc(Br)cc1)NC(=O)CC(N)c1ccccc1. The van der Waals surface area contributed by atoms with Crippen molar-refractivity contribution in [2.45, 2.75) is 31.8 Å². The first-order valence-corrected chi connectivity index (χ1v) is 8.18. The fraction of sp³-hybridized carbons (Fsp3) is 0.278. The van der Waals surface area contributed by atoms with Gasteiger partial charge in [0.05, 0.1) is 0 Å². The predicted molar refractivity (Wildman–Crippen MR) is 93.4 cm³/mol. The molecule has 3 N–H and O–H groups in total. The van der Waals surface area contributed by atoms with Crippen LogP contribution in [0.3, 0.4) is 0 Å². The largest absolute Gasteiger partial charge is 0.353 e. The zero-order valence-corrected chi connectivity index (χ0v) is 14.2. The first-order chi connectivity index (χ1) is 10.5. The molecule has 0 heterocycles. The highest BCUT2D eigenvalue weighted by atomic mass is 79.9. The summed E-state index contributed by atoms with van der Waals surface area (Å²) < 4.78 is 1.06. The summed E-state index contributed by atoms with van der Waals surface area (Å²) in [5.74, 6) is -0.0130. The summed E-state index contributed by atoms with van der Waals surface area (Å²) in [4.78, 5) is 12.1. The molecule has 4 heteroatoms. The highest BCUT2D eigenvalue weighted by Crippen LogP contribution is 2.14. The topological polar surface area (TPSA) is 55.1 Å². The van der Waals surface area contributed by atoms with Gasteiger partial charge in [-0.2, -0.15) is 0 Å². The van der Waals surface area contributed by atoms with E-state index in [0.29, 0.717) is 6.42 Å². The van der Waals surface area contributed by atoms with Crippen LogP contribution in [0.4, 0.5) is 0 Å². The van der Waals surface area contributed by atoms with Gasteiger partial charge in [-0.1, -0.05) is 58.4 Å². The smallest absolute Gasteiger partial charge is 0.222 e. The van der Waals surface area contributed by atoms with Gasteiger partial charge in [0, 0.05) is 23.0 Å². The molecule has 0 saturated heterocycles. The maximum atomic E-state index is 12.1. The van der Waals surface area contributed by atoms with Crippen LogP contribution in [0.1, 0.15) is 30.5 Å². The van der Waals surface area contributed by atoms with Crippen LogP contribution in [0.5, 0.6) is 0 Å². The summed E-state index contributed by atoms with van der Waals surface area (Å²) in [5.41, 5.74) is 8.26. The number of nitrogens with one attached hydrogen (secondary N) is 1. The van der Waals surface area contributed by atoms with Crippen molar-refractivity contribution < 1.29 is 4.79 Å². The van der Waals surface area contributed by atoms with Gasteiger partial charge in [-0.25, -0.2) is 0 Å². The van der Waals surface area contributed by atoms with Gasteiger partial charge in [-0.05, 0) is 36.6 Å².